The standard InChI is InChI=1S/C24H28N4O4S/c1-17-12-13-19(16-21(17)33(31,32)27-14-8-5-9-15-27)23(29)25-22-18(2)26(3)28(24(22)30)20-10-6-4-7-11-20/h4,6-7,10-13,16H,5,8-9,14-15H2,1-3H3,(H,25,29). The van der Waals surface area contributed by atoms with E-state index in [9.17, 15) is 18.0 Å². The van der Waals surface area contributed by atoms with E-state index in [-0.39, 0.29) is 21.7 Å². The van der Waals surface area contributed by atoms with Gasteiger partial charge in [0.15, 0.2) is 0 Å². The fourth-order valence-corrected chi connectivity index (χ4v) is 5.93. The summed E-state index contributed by atoms with van der Waals surface area (Å²) in [5, 5.41) is 2.70. The van der Waals surface area contributed by atoms with Crippen LogP contribution in [0.3, 0.4) is 0 Å². The first-order valence-electron chi connectivity index (χ1n) is 11.0. The third kappa shape index (κ3) is 4.26. The molecule has 0 bridgehead atoms. The van der Waals surface area contributed by atoms with Gasteiger partial charge in [-0.2, -0.15) is 4.31 Å². The Morgan fingerprint density at radius 3 is 2.30 bits per heavy atom. The van der Waals surface area contributed by atoms with Crippen molar-refractivity contribution in [3.8, 4) is 5.69 Å². The summed E-state index contributed by atoms with van der Waals surface area (Å²) in [6.07, 6.45) is 2.68. The smallest absolute Gasteiger partial charge is 0.295 e. The average molecular weight is 469 g/mol. The van der Waals surface area contributed by atoms with Crippen molar-refractivity contribution < 1.29 is 13.2 Å². The first-order chi connectivity index (χ1) is 15.7. The van der Waals surface area contributed by atoms with Crippen molar-refractivity contribution >= 4 is 21.6 Å². The summed E-state index contributed by atoms with van der Waals surface area (Å²) in [7, 11) is -1.95. The van der Waals surface area contributed by atoms with E-state index in [1.807, 2.05) is 30.3 Å². The molecule has 33 heavy (non-hydrogen) atoms. The molecule has 0 unspecified atom stereocenters. The number of rotatable bonds is 5. The third-order valence-electron chi connectivity index (χ3n) is 6.18. The Balaban J connectivity index is 1.67. The maximum Gasteiger partial charge on any atom is 0.295 e. The number of carbonyl (C=O) groups excluding carboxylic acids is 1. The van der Waals surface area contributed by atoms with Crippen molar-refractivity contribution in [2.45, 2.75) is 38.0 Å². The SMILES string of the molecule is Cc1ccc(C(=O)Nc2c(C)n(C)n(-c3ccccc3)c2=O)cc1S(=O)(=O)N1CCCCC1. The van der Waals surface area contributed by atoms with Gasteiger partial charge < -0.3 is 5.32 Å². The van der Waals surface area contributed by atoms with Gasteiger partial charge in [-0.25, -0.2) is 13.1 Å². The molecule has 0 aliphatic carbocycles. The largest absolute Gasteiger partial charge is 0.316 e. The van der Waals surface area contributed by atoms with E-state index in [1.165, 1.54) is 15.1 Å². The van der Waals surface area contributed by atoms with E-state index in [1.54, 1.807) is 37.7 Å². The van der Waals surface area contributed by atoms with Gasteiger partial charge in [-0.05, 0) is 56.5 Å². The van der Waals surface area contributed by atoms with Crippen LogP contribution >= 0.6 is 0 Å². The molecule has 3 aromatic rings. The van der Waals surface area contributed by atoms with E-state index >= 15 is 0 Å². The molecule has 1 aromatic heterocycles. The lowest BCUT2D eigenvalue weighted by Crippen LogP contribution is -2.36. The molecule has 2 heterocycles. The number of hydrogen-bond donors (Lipinski definition) is 1. The fourth-order valence-electron chi connectivity index (χ4n) is 4.16. The zero-order valence-corrected chi connectivity index (χ0v) is 19.9. The number of para-hydroxylation sites is 1. The highest BCUT2D eigenvalue weighted by atomic mass is 32.2. The summed E-state index contributed by atoms with van der Waals surface area (Å²) in [6, 6.07) is 13.8. The molecule has 1 saturated heterocycles. The molecule has 1 N–H and O–H groups in total. The number of aryl methyl sites for hydroxylation is 1. The second kappa shape index (κ2) is 8.99. The number of sulfonamides is 1. The Morgan fingerprint density at radius 1 is 0.970 bits per heavy atom. The van der Waals surface area contributed by atoms with Crippen molar-refractivity contribution in [2.75, 3.05) is 18.4 Å². The Bertz CT molecular complexity index is 1350. The first kappa shape index (κ1) is 23.0. The lowest BCUT2D eigenvalue weighted by molar-refractivity contribution is 0.102. The molecular formula is C24H28N4O4S. The minimum atomic E-state index is -3.69. The maximum atomic E-state index is 13.2. The Hall–Kier alpha value is -3.17. The van der Waals surface area contributed by atoms with E-state index in [4.69, 9.17) is 0 Å². The highest BCUT2D eigenvalue weighted by Crippen LogP contribution is 2.25. The number of nitrogens with zero attached hydrogens (tertiary/aromatic N) is 3. The minimum absolute atomic E-state index is 0.128. The second-order valence-corrected chi connectivity index (χ2v) is 10.2. The predicted octanol–water partition coefficient (Wildman–Crippen LogP) is 3.22. The number of benzene rings is 2. The van der Waals surface area contributed by atoms with E-state index in [0.717, 1.165) is 19.3 Å². The molecule has 0 atom stereocenters. The van der Waals surface area contributed by atoms with Gasteiger partial charge in [0, 0.05) is 25.7 Å². The number of aromatic nitrogens is 2. The second-order valence-electron chi connectivity index (χ2n) is 8.34. The summed E-state index contributed by atoms with van der Waals surface area (Å²) < 4.78 is 31.0. The first-order valence-corrected chi connectivity index (χ1v) is 12.4. The van der Waals surface area contributed by atoms with Gasteiger partial charge in [-0.1, -0.05) is 30.7 Å². The van der Waals surface area contributed by atoms with Gasteiger partial charge in [0.25, 0.3) is 11.5 Å². The Kier molecular flexibility index (Phi) is 6.27. The lowest BCUT2D eigenvalue weighted by atomic mass is 10.1. The number of anilines is 1. The van der Waals surface area contributed by atoms with Crippen LogP contribution < -0.4 is 10.9 Å². The fraction of sp³-hybridized carbons (Fsp3) is 0.333. The van der Waals surface area contributed by atoms with Crippen molar-refractivity contribution in [2.24, 2.45) is 7.05 Å². The molecule has 9 heteroatoms. The van der Waals surface area contributed by atoms with Crippen LogP contribution in [0.5, 0.6) is 0 Å². The number of hydrogen-bond acceptors (Lipinski definition) is 4. The van der Waals surface area contributed by atoms with Crippen LogP contribution in [-0.2, 0) is 17.1 Å². The number of carbonyl (C=O) groups is 1. The molecule has 4 rings (SSSR count). The third-order valence-corrected chi connectivity index (χ3v) is 8.22. The lowest BCUT2D eigenvalue weighted by Gasteiger charge is -2.26. The monoisotopic (exact) mass is 468 g/mol. The molecule has 1 amide bonds. The number of amides is 1. The van der Waals surface area contributed by atoms with Crippen LogP contribution in [-0.4, -0.2) is 41.1 Å². The van der Waals surface area contributed by atoms with Gasteiger partial charge in [-0.15, -0.1) is 0 Å². The van der Waals surface area contributed by atoms with Gasteiger partial charge >= 0.3 is 0 Å². The normalized spacial score (nSPS) is 14.9. The van der Waals surface area contributed by atoms with Crippen LogP contribution in [0, 0.1) is 13.8 Å². The van der Waals surface area contributed by atoms with E-state index in [2.05, 4.69) is 5.32 Å². The Morgan fingerprint density at radius 2 is 1.64 bits per heavy atom. The van der Waals surface area contributed by atoms with Crippen LogP contribution in [0.1, 0.15) is 40.9 Å². The summed E-state index contributed by atoms with van der Waals surface area (Å²) in [4.78, 5) is 26.3. The van der Waals surface area contributed by atoms with Crippen molar-refractivity contribution in [1.29, 1.82) is 0 Å². The molecule has 2 aromatic carbocycles. The summed E-state index contributed by atoms with van der Waals surface area (Å²) in [5.74, 6) is -0.531. The zero-order valence-electron chi connectivity index (χ0n) is 19.0. The molecule has 0 saturated carbocycles. The van der Waals surface area contributed by atoms with Crippen molar-refractivity contribution in [3.05, 3.63) is 75.7 Å². The molecule has 0 radical (unpaired) electrons. The number of piperidine rings is 1. The Labute approximate surface area is 193 Å². The maximum absolute atomic E-state index is 13.2. The molecule has 1 fully saturated rings. The number of nitrogens with one attached hydrogen (secondary N) is 1. The predicted molar refractivity (Wildman–Crippen MR) is 127 cm³/mol. The molecule has 1 aliphatic heterocycles. The molecular weight excluding hydrogens is 440 g/mol. The highest BCUT2D eigenvalue weighted by molar-refractivity contribution is 7.89. The molecule has 174 valence electrons. The van der Waals surface area contributed by atoms with Crippen LogP contribution in [0.15, 0.2) is 58.2 Å². The molecule has 0 spiro atoms. The van der Waals surface area contributed by atoms with Gasteiger partial charge in [0.1, 0.15) is 5.69 Å². The van der Waals surface area contributed by atoms with Crippen LogP contribution in [0.25, 0.3) is 5.69 Å². The van der Waals surface area contributed by atoms with E-state index < -0.39 is 15.9 Å². The van der Waals surface area contributed by atoms with Gasteiger partial charge in [-0.3, -0.25) is 14.3 Å². The summed E-state index contributed by atoms with van der Waals surface area (Å²) in [5.41, 5.74) is 1.84. The topological polar surface area (TPSA) is 93.4 Å². The van der Waals surface area contributed by atoms with Crippen molar-refractivity contribution in [3.63, 3.8) is 0 Å². The van der Waals surface area contributed by atoms with Gasteiger partial charge in [0.2, 0.25) is 10.0 Å². The molecule has 1 aliphatic rings. The molecule has 8 nitrogen and oxygen atoms in total. The van der Waals surface area contributed by atoms with Crippen LogP contribution in [0.4, 0.5) is 5.69 Å². The van der Waals surface area contributed by atoms with E-state index in [0.29, 0.717) is 30.0 Å². The summed E-state index contributed by atoms with van der Waals surface area (Å²) in [6.45, 7) is 4.44. The highest BCUT2D eigenvalue weighted by Gasteiger charge is 2.28. The average Bonchev–Trinajstić information content (AvgIpc) is 3.03. The minimum Gasteiger partial charge on any atom is -0.316 e. The quantitative estimate of drug-likeness (QED) is 0.622. The summed E-state index contributed by atoms with van der Waals surface area (Å²) >= 11 is 0. The van der Waals surface area contributed by atoms with Crippen LogP contribution in [0.2, 0.25) is 0 Å². The van der Waals surface area contributed by atoms with Gasteiger partial charge in [0.05, 0.1) is 16.3 Å². The van der Waals surface area contributed by atoms with Crippen molar-refractivity contribution in [1.82, 2.24) is 13.7 Å². The zero-order chi connectivity index (χ0) is 23.8.